The van der Waals surface area contributed by atoms with E-state index in [1.807, 2.05) is 0 Å². The monoisotopic (exact) mass is 294 g/mol. The van der Waals surface area contributed by atoms with Gasteiger partial charge in [-0.2, -0.15) is 0 Å². The average Bonchev–Trinajstić information content (AvgIpc) is 3.12. The minimum Gasteiger partial charge on any atom is -0.374 e. The third kappa shape index (κ3) is 3.00. The first kappa shape index (κ1) is 14.6. The van der Waals surface area contributed by atoms with E-state index in [0.717, 1.165) is 25.6 Å². The molecule has 3 heterocycles. The average molecular weight is 294 g/mol. The van der Waals surface area contributed by atoms with E-state index in [4.69, 9.17) is 4.74 Å². The number of rotatable bonds is 4. The van der Waals surface area contributed by atoms with Gasteiger partial charge < -0.3 is 20.3 Å². The Bertz CT molecular complexity index is 408. The van der Waals surface area contributed by atoms with Gasteiger partial charge in [0.25, 0.3) is 0 Å². The summed E-state index contributed by atoms with van der Waals surface area (Å²) in [4.78, 5) is 17.9. The van der Waals surface area contributed by atoms with Gasteiger partial charge in [-0.25, -0.2) is 0 Å². The molecule has 0 radical (unpaired) electrons. The molecule has 3 rings (SSSR count). The van der Waals surface area contributed by atoms with Gasteiger partial charge in [0.1, 0.15) is 0 Å². The number of nitrogens with one attached hydrogen (secondary N) is 2. The molecule has 4 atom stereocenters. The number of likely N-dealkylation sites (tertiary alicyclic amines) is 1. The topological polar surface area (TPSA) is 66.0 Å². The first-order valence-electron chi connectivity index (χ1n) is 8.12. The maximum atomic E-state index is 10.9. The molecule has 2 bridgehead atoms. The predicted octanol–water partition coefficient (Wildman–Crippen LogP) is 0.197. The zero-order chi connectivity index (χ0) is 14.8. The van der Waals surface area contributed by atoms with Crippen LogP contribution in [0.15, 0.2) is 4.99 Å². The summed E-state index contributed by atoms with van der Waals surface area (Å²) in [5.74, 6) is 2.35. The summed E-state index contributed by atoms with van der Waals surface area (Å²) in [5, 5.41) is 6.16. The first-order chi connectivity index (χ1) is 10.2. The Morgan fingerprint density at radius 2 is 1.90 bits per heavy atom. The van der Waals surface area contributed by atoms with Crippen molar-refractivity contribution < 1.29 is 9.53 Å². The molecule has 21 heavy (non-hydrogen) atoms. The summed E-state index contributed by atoms with van der Waals surface area (Å²) in [6, 6.07) is 0. The second-order valence-corrected chi connectivity index (χ2v) is 6.24. The molecule has 3 aliphatic rings. The minimum atomic E-state index is -0.000343. The molecule has 0 aromatic heterocycles. The lowest BCUT2D eigenvalue weighted by Crippen LogP contribution is -2.41. The lowest BCUT2D eigenvalue weighted by Gasteiger charge is -2.23. The van der Waals surface area contributed by atoms with Crippen molar-refractivity contribution in [2.75, 3.05) is 32.7 Å². The Morgan fingerprint density at radius 1 is 1.24 bits per heavy atom. The van der Waals surface area contributed by atoms with Crippen molar-refractivity contribution in [1.29, 1.82) is 0 Å². The second-order valence-electron chi connectivity index (χ2n) is 6.24. The first-order valence-corrected chi connectivity index (χ1v) is 8.12. The van der Waals surface area contributed by atoms with Gasteiger partial charge in [-0.3, -0.25) is 9.79 Å². The smallest absolute Gasteiger partial charge is 0.216 e. The largest absolute Gasteiger partial charge is 0.374 e. The van der Waals surface area contributed by atoms with Gasteiger partial charge in [0.05, 0.1) is 18.8 Å². The normalized spacial score (nSPS) is 34.2. The van der Waals surface area contributed by atoms with E-state index in [1.165, 1.54) is 19.8 Å². The minimum absolute atomic E-state index is 0.000343. The van der Waals surface area contributed by atoms with Crippen LogP contribution in [-0.2, 0) is 9.53 Å². The number of nitrogens with zero attached hydrogens (tertiary/aromatic N) is 2. The van der Waals surface area contributed by atoms with Gasteiger partial charge in [-0.1, -0.05) is 0 Å². The van der Waals surface area contributed by atoms with Crippen LogP contribution < -0.4 is 10.6 Å². The highest BCUT2D eigenvalue weighted by atomic mass is 16.5. The molecule has 3 saturated heterocycles. The Labute approximate surface area is 126 Å². The standard InChI is InChI=1S/C15H26N4O2/c1-3-16-15(18-7-6-17-10(2)20)19-8-11-12(9-19)14-5-4-13(11)21-14/h11-14H,3-9H2,1-2H3,(H,16,18)(H,17,20). The fourth-order valence-electron chi connectivity index (χ4n) is 3.95. The third-order valence-corrected chi connectivity index (χ3v) is 4.83. The van der Waals surface area contributed by atoms with Gasteiger partial charge in [0, 0.05) is 44.9 Å². The summed E-state index contributed by atoms with van der Waals surface area (Å²) >= 11 is 0. The molecule has 1 amide bonds. The van der Waals surface area contributed by atoms with Gasteiger partial charge >= 0.3 is 0 Å². The van der Waals surface area contributed by atoms with Crippen LogP contribution in [0.25, 0.3) is 0 Å². The summed E-state index contributed by atoms with van der Waals surface area (Å²) in [6.45, 7) is 7.82. The SMILES string of the molecule is CCNC(=NCCNC(C)=O)N1CC2C3CCC(O3)C2C1. The highest BCUT2D eigenvalue weighted by molar-refractivity contribution is 5.80. The van der Waals surface area contributed by atoms with Crippen molar-refractivity contribution in [2.24, 2.45) is 16.8 Å². The quantitative estimate of drug-likeness (QED) is 0.441. The maximum Gasteiger partial charge on any atom is 0.216 e. The molecule has 118 valence electrons. The number of guanidine groups is 1. The number of hydrogen-bond acceptors (Lipinski definition) is 3. The molecule has 0 spiro atoms. The number of amides is 1. The maximum absolute atomic E-state index is 10.9. The molecule has 2 N–H and O–H groups in total. The van der Waals surface area contributed by atoms with Crippen molar-refractivity contribution in [1.82, 2.24) is 15.5 Å². The van der Waals surface area contributed by atoms with E-state index in [1.54, 1.807) is 0 Å². The van der Waals surface area contributed by atoms with Crippen LogP contribution in [0.4, 0.5) is 0 Å². The molecule has 3 aliphatic heterocycles. The molecular weight excluding hydrogens is 268 g/mol. The number of ether oxygens (including phenoxy) is 1. The predicted molar refractivity (Wildman–Crippen MR) is 81.1 cm³/mol. The van der Waals surface area contributed by atoms with Crippen LogP contribution in [0.5, 0.6) is 0 Å². The number of aliphatic imine (C=N–C) groups is 1. The van der Waals surface area contributed by atoms with Crippen molar-refractivity contribution in [3.8, 4) is 0 Å². The summed E-state index contributed by atoms with van der Waals surface area (Å²) in [5.41, 5.74) is 0. The van der Waals surface area contributed by atoms with E-state index < -0.39 is 0 Å². The molecular formula is C15H26N4O2. The fourth-order valence-corrected chi connectivity index (χ4v) is 3.95. The molecule has 6 nitrogen and oxygen atoms in total. The Kier molecular flexibility index (Phi) is 4.33. The van der Waals surface area contributed by atoms with Gasteiger partial charge in [0.15, 0.2) is 5.96 Å². The Morgan fingerprint density at radius 3 is 2.48 bits per heavy atom. The zero-order valence-corrected chi connectivity index (χ0v) is 13.0. The van der Waals surface area contributed by atoms with E-state index in [-0.39, 0.29) is 5.91 Å². The van der Waals surface area contributed by atoms with Crippen LogP contribution in [0.3, 0.4) is 0 Å². The molecule has 0 aromatic carbocycles. The van der Waals surface area contributed by atoms with Crippen molar-refractivity contribution in [2.45, 2.75) is 38.9 Å². The van der Waals surface area contributed by atoms with Crippen molar-refractivity contribution in [3.63, 3.8) is 0 Å². The molecule has 6 heteroatoms. The number of carbonyl (C=O) groups excluding carboxylic acids is 1. The van der Waals surface area contributed by atoms with Gasteiger partial charge in [-0.15, -0.1) is 0 Å². The number of hydrogen-bond donors (Lipinski definition) is 2. The molecule has 0 saturated carbocycles. The van der Waals surface area contributed by atoms with Crippen LogP contribution in [0, 0.1) is 11.8 Å². The molecule has 0 aliphatic carbocycles. The van der Waals surface area contributed by atoms with Crippen LogP contribution in [-0.4, -0.2) is 61.7 Å². The van der Waals surface area contributed by atoms with Gasteiger partial charge in [0.2, 0.25) is 5.91 Å². The van der Waals surface area contributed by atoms with Gasteiger partial charge in [-0.05, 0) is 19.8 Å². The van der Waals surface area contributed by atoms with Crippen molar-refractivity contribution >= 4 is 11.9 Å². The van der Waals surface area contributed by atoms with Crippen molar-refractivity contribution in [3.05, 3.63) is 0 Å². The fraction of sp³-hybridized carbons (Fsp3) is 0.867. The highest BCUT2D eigenvalue weighted by Gasteiger charge is 2.53. The number of fused-ring (bicyclic) bond motifs is 5. The van der Waals surface area contributed by atoms with E-state index in [2.05, 4.69) is 27.4 Å². The third-order valence-electron chi connectivity index (χ3n) is 4.83. The Hall–Kier alpha value is -1.30. The lowest BCUT2D eigenvalue weighted by atomic mass is 9.82. The number of carbonyl (C=O) groups is 1. The summed E-state index contributed by atoms with van der Waals surface area (Å²) < 4.78 is 6.02. The molecule has 0 aromatic rings. The van der Waals surface area contributed by atoms with E-state index in [0.29, 0.717) is 37.1 Å². The summed E-state index contributed by atoms with van der Waals surface area (Å²) in [6.07, 6.45) is 3.42. The second kappa shape index (κ2) is 6.22. The molecule has 3 fully saturated rings. The Balaban J connectivity index is 1.57. The lowest BCUT2D eigenvalue weighted by molar-refractivity contribution is -0.118. The van der Waals surface area contributed by atoms with Crippen LogP contribution >= 0.6 is 0 Å². The van der Waals surface area contributed by atoms with Crippen LogP contribution in [0.2, 0.25) is 0 Å². The highest BCUT2D eigenvalue weighted by Crippen LogP contribution is 2.47. The summed E-state index contributed by atoms with van der Waals surface area (Å²) in [7, 11) is 0. The van der Waals surface area contributed by atoms with E-state index in [9.17, 15) is 4.79 Å². The van der Waals surface area contributed by atoms with E-state index >= 15 is 0 Å². The molecule has 4 unspecified atom stereocenters. The zero-order valence-electron chi connectivity index (χ0n) is 13.0. The van der Waals surface area contributed by atoms with Crippen LogP contribution in [0.1, 0.15) is 26.7 Å².